The summed E-state index contributed by atoms with van der Waals surface area (Å²) in [5.74, 6) is -0.805. The number of ether oxygens (including phenoxy) is 1. The molecule has 51 heteroatoms. The third-order valence-electron chi connectivity index (χ3n) is 23.6. The van der Waals surface area contributed by atoms with Crippen LogP contribution in [-0.4, -0.2) is 274 Å². The first-order valence-electron chi connectivity index (χ1n) is 45.1. The van der Waals surface area contributed by atoms with E-state index >= 15 is 0 Å². The van der Waals surface area contributed by atoms with Crippen LogP contribution >= 0.6 is 93.5 Å². The van der Waals surface area contributed by atoms with Crippen molar-refractivity contribution < 1.29 is 89.8 Å². The van der Waals surface area contributed by atoms with Crippen LogP contribution in [0.25, 0.3) is 0 Å². The number of non-ortho nitro benzene ring substituents is 3. The molecule has 5 aliphatic rings. The molecule has 5 fully saturated rings. The third kappa shape index (κ3) is 30.9. The van der Waals surface area contributed by atoms with Crippen LogP contribution in [0.4, 0.5) is 17.1 Å². The topological polar surface area (TPSA) is 512 Å². The molecule has 147 heavy (non-hydrogen) atoms. The van der Waals surface area contributed by atoms with E-state index in [0.29, 0.717) is 96.0 Å². The predicted molar refractivity (Wildman–Crippen MR) is 563 cm³/mol. The summed E-state index contributed by atoms with van der Waals surface area (Å²) in [5.41, 5.74) is 5.52. The van der Waals surface area contributed by atoms with Gasteiger partial charge in [-0.2, -0.15) is 32.0 Å². The zero-order valence-electron chi connectivity index (χ0n) is 80.5. The molecule has 0 bridgehead atoms. The van der Waals surface area contributed by atoms with Crippen molar-refractivity contribution in [1.29, 1.82) is 10.5 Å². The number of hydrogen-bond acceptors (Lipinski definition) is 33. The van der Waals surface area contributed by atoms with E-state index in [0.717, 1.165) is 103 Å². The fraction of sp³-hybridized carbons (Fsp3) is 0.333. The number of nitro benzene ring substituents is 3. The van der Waals surface area contributed by atoms with Gasteiger partial charge in [-0.3, -0.25) is 39.9 Å². The minimum Gasteiger partial charge on any atom is -0.456 e. The highest BCUT2D eigenvalue weighted by atomic mass is 35.5. The smallest absolute Gasteiger partial charge is 0.271 e. The van der Waals surface area contributed by atoms with Crippen molar-refractivity contribution >= 4 is 182 Å². The molecule has 0 radical (unpaired) electrons. The number of nitrogens with one attached hydrogen (secondary N) is 2. The molecule has 2 atom stereocenters. The molecule has 0 saturated carbocycles. The second-order valence-corrected chi connectivity index (χ2v) is 52.2. The Hall–Kier alpha value is -9.66. The van der Waals surface area contributed by atoms with Gasteiger partial charge in [0.05, 0.1) is 81.5 Å². The van der Waals surface area contributed by atoms with Crippen LogP contribution in [0.15, 0.2) is 246 Å². The second kappa shape index (κ2) is 51.9. The first kappa shape index (κ1) is 118. The van der Waals surface area contributed by atoms with Gasteiger partial charge in [0.15, 0.2) is 21.4 Å². The molecular weight excluding hydrogens is 2180 g/mol. The van der Waals surface area contributed by atoms with Crippen LogP contribution in [0.1, 0.15) is 57.3 Å². The van der Waals surface area contributed by atoms with Crippen LogP contribution in [-0.2, 0) is 69.5 Å². The maximum absolute atomic E-state index is 13.5. The predicted octanol–water partition coefficient (Wildman–Crippen LogP) is 14.9. The molecule has 0 aliphatic carbocycles. The van der Waals surface area contributed by atoms with E-state index in [9.17, 15) is 101 Å². The second-order valence-electron chi connectivity index (χ2n) is 34.3. The van der Waals surface area contributed by atoms with Crippen LogP contribution in [0, 0.1) is 94.5 Å². The number of halogens is 4. The number of nitriles is 2. The summed E-state index contributed by atoms with van der Waals surface area (Å²) < 4.78 is 169. The van der Waals surface area contributed by atoms with Crippen LogP contribution < -0.4 is 15.4 Å². The van der Waals surface area contributed by atoms with Gasteiger partial charge in [0.1, 0.15) is 39.4 Å². The molecule has 2 unspecified atom stereocenters. The molecule has 784 valence electrons. The van der Waals surface area contributed by atoms with Crippen LogP contribution in [0.3, 0.4) is 0 Å². The lowest BCUT2D eigenvalue weighted by atomic mass is 10.1. The number of carbonyl (C=O) groups excluding carboxylic acids is 2. The molecule has 15 rings (SSSR count). The average Bonchev–Trinajstić information content (AvgIpc) is 1.74. The molecule has 5 saturated heterocycles. The number of piperazine rings is 2. The first-order chi connectivity index (χ1) is 69.4. The van der Waals surface area contributed by atoms with E-state index in [1.54, 1.807) is 60.7 Å². The Morgan fingerprint density at radius 1 is 0.395 bits per heavy atom. The van der Waals surface area contributed by atoms with Gasteiger partial charge in [-0.25, -0.2) is 50.5 Å². The van der Waals surface area contributed by atoms with E-state index in [-0.39, 0.29) is 121 Å². The van der Waals surface area contributed by atoms with Gasteiger partial charge < -0.3 is 35.4 Å². The van der Waals surface area contributed by atoms with Gasteiger partial charge in [0, 0.05) is 177 Å². The highest BCUT2D eigenvalue weighted by Crippen LogP contribution is 2.46. The lowest BCUT2D eigenvalue weighted by Crippen LogP contribution is -2.56. The number of hydrogen-bond donors (Lipinski definition) is 4. The molecule has 10 aromatic carbocycles. The number of aliphatic hydroxyl groups is 2. The minimum atomic E-state index is -4.21. The highest BCUT2D eigenvalue weighted by molar-refractivity contribution is 8.01. The van der Waals surface area contributed by atoms with E-state index in [1.165, 1.54) is 95.3 Å². The summed E-state index contributed by atoms with van der Waals surface area (Å²) in [5, 5.41) is 77.9. The van der Waals surface area contributed by atoms with Gasteiger partial charge in [-0.05, 0) is 224 Å². The monoisotopic (exact) mass is 2280 g/mol. The summed E-state index contributed by atoms with van der Waals surface area (Å²) in [6.07, 6.45) is 1.42. The van der Waals surface area contributed by atoms with Crippen molar-refractivity contribution in [2.75, 3.05) is 144 Å². The largest absolute Gasteiger partial charge is 0.456 e. The van der Waals surface area contributed by atoms with Crippen molar-refractivity contribution in [2.45, 2.75) is 130 Å². The molecule has 0 aromatic heterocycles. The number of rotatable bonds is 27. The molecule has 5 aliphatic heterocycles. The van der Waals surface area contributed by atoms with E-state index in [4.69, 9.17) is 61.4 Å². The maximum Gasteiger partial charge on any atom is 0.271 e. The number of aryl methyl sites for hydroxylation is 6. The molecule has 5 heterocycles. The molecule has 10 aromatic rings. The number of sulfonamides is 5. The number of nitro groups is 3. The highest BCUT2D eigenvalue weighted by Gasteiger charge is 2.41. The number of benzene rings is 10. The van der Waals surface area contributed by atoms with Gasteiger partial charge >= 0.3 is 0 Å². The Balaban J connectivity index is 0.000000175. The molecule has 37 nitrogen and oxygen atoms in total. The van der Waals surface area contributed by atoms with Gasteiger partial charge in [0.2, 0.25) is 50.1 Å². The van der Waals surface area contributed by atoms with E-state index in [1.807, 2.05) is 122 Å². The van der Waals surface area contributed by atoms with Crippen LogP contribution in [0.2, 0.25) is 20.1 Å². The fourth-order valence-corrected chi connectivity index (χ4v) is 31.0. The Labute approximate surface area is 890 Å². The summed E-state index contributed by atoms with van der Waals surface area (Å²) in [6, 6.07) is 49.7. The quantitative estimate of drug-likeness (QED) is 0.0274. The van der Waals surface area contributed by atoms with Gasteiger partial charge in [0.25, 0.3) is 17.1 Å². The van der Waals surface area contributed by atoms with E-state index < -0.39 is 117 Å². The third-order valence-corrected chi connectivity index (χ3v) is 41.4. The number of sulfone groups is 1. The Bertz CT molecular complexity index is 7310. The number of carbonyl (C=O) groups is 2. The SMILES string of the molecule is Cc1ccc(C)c(Oc2ccc([N+](=O)[O-])cc2S(=O)(=O)N2CCCN(C)CC2)c1.Cc1ccc(C)c(Sc2ccc(C#N)cc2S(=O)(=O)N2CCS(=O)(=O)CC2)c1.Cc1ccc(C)c(Sc2ccc([N+](=O)[O-])cc2S(=O)(=O)N2CCCN(C)CC2)c1.N#Cc1ccc(Sc2cc(Cl)ccc2Cl)c(S(=O)(=O)N2CCNC(C(=O)CO)C2)c1.O=C(CO)C1CN(S(=O)(=O)c2cc([N+](=O)[O-])ccc2Sc2cc(Cl)ccc2Cl)CCN1. The number of likely N-dealkylation sites (N-methyl/N-ethyl adjacent to an activating group) is 2. The van der Waals surface area contributed by atoms with Crippen LogP contribution in [0.5, 0.6) is 11.5 Å². The van der Waals surface area contributed by atoms with Crippen molar-refractivity contribution in [3.05, 3.63) is 277 Å². The minimum absolute atomic E-state index is 0.00200. The lowest BCUT2D eigenvalue weighted by Gasteiger charge is -2.32. The Morgan fingerprint density at radius 3 is 1.12 bits per heavy atom. The van der Waals surface area contributed by atoms with Gasteiger partial charge in [-0.1, -0.05) is 130 Å². The Kier molecular flexibility index (Phi) is 41.5. The molecular formula is C96H104Cl4N14O23S10. The zero-order chi connectivity index (χ0) is 108. The summed E-state index contributed by atoms with van der Waals surface area (Å²) in [7, 11) is -19.3. The van der Waals surface area contributed by atoms with Crippen molar-refractivity contribution in [3.63, 3.8) is 0 Å². The number of Topliss-reactive ketones (excluding diaryl/α,β-unsaturated/α-hetero) is 2. The molecule has 0 amide bonds. The van der Waals surface area contributed by atoms with Crippen molar-refractivity contribution in [2.24, 2.45) is 0 Å². The average molecular weight is 2280 g/mol. The normalized spacial score (nSPS) is 17.0. The zero-order valence-corrected chi connectivity index (χ0v) is 91.6. The lowest BCUT2D eigenvalue weighted by molar-refractivity contribution is -0.385. The van der Waals surface area contributed by atoms with Crippen molar-refractivity contribution in [3.8, 4) is 23.6 Å². The summed E-state index contributed by atoms with van der Waals surface area (Å²) in [4.78, 5) is 63.9. The molecule has 0 spiro atoms. The van der Waals surface area contributed by atoms with E-state index in [2.05, 4.69) is 20.4 Å². The number of ketones is 2. The number of aliphatic hydroxyl groups excluding tert-OH is 2. The van der Waals surface area contributed by atoms with Crippen molar-refractivity contribution in [1.82, 2.24) is 42.0 Å². The number of nitrogens with zero attached hydrogens (tertiary/aromatic N) is 12. The fourth-order valence-electron chi connectivity index (χ4n) is 15.3. The summed E-state index contributed by atoms with van der Waals surface area (Å²) in [6.45, 7) is 14.7. The first-order valence-corrected chi connectivity index (χ1v) is 58.9. The molecule has 4 N–H and O–H groups in total. The summed E-state index contributed by atoms with van der Waals surface area (Å²) >= 11 is 29.3. The Morgan fingerprint density at radius 2 is 0.735 bits per heavy atom. The standard InChI is InChI=1S/C20H25N3O5S.C20H25N3O4S2.C19H17Cl2N3O4S2.C19H20N2O4S3.C18H17Cl2N3O6S2/c2*1-15-5-6-16(2)19(13-15)28-18-8-7-17(23(24)25)14-20(18)29(26,27)22-10-4-9-21(3)11-12-22;20-13-2-3-14(21)18(8-13)29-17-4-1-12(9-22)7-19(17)30(27,28)24-6-5-23-15(10-24)16(26)11-25;1-14-3-4-15(2)18(11-14)26-17-6-5-16(13-20)12-19(17)28(24,25)21-7-9-27(22,23)10-8-21;19-11-1-3-13(20)17(7-11)30-16-4-2-12(23(26)27)8-18(16)31(28,29)22-6-5-21-14(9-22)15(25)10-24/h2*5-8,13-14H,4,9-12H2,1-3H3;1-4,7-8,15,23,25H,5-6,10-11H2;3-6,11-12H,7-10H2,1-2H3;1-4,7-8,14,21,24H,5-6,9-10H2. The van der Waals surface area contributed by atoms with Gasteiger partial charge in [-0.15, -0.1) is 0 Å². The maximum atomic E-state index is 13.5.